The molecule has 20 heavy (non-hydrogen) atoms. The van der Waals surface area contributed by atoms with Crippen molar-refractivity contribution in [3.05, 3.63) is 34.8 Å². The summed E-state index contributed by atoms with van der Waals surface area (Å²) in [6, 6.07) is 9.30. The summed E-state index contributed by atoms with van der Waals surface area (Å²) in [4.78, 5) is 10.9. The van der Waals surface area contributed by atoms with Crippen LogP contribution in [-0.2, 0) is 4.79 Å². The fourth-order valence-corrected chi connectivity index (χ4v) is 2.03. The molecule has 104 valence electrons. The Morgan fingerprint density at radius 3 is 2.70 bits per heavy atom. The summed E-state index contributed by atoms with van der Waals surface area (Å²) in [6.07, 6.45) is 0. The molecule has 0 radical (unpaired) electrons. The molecule has 0 saturated heterocycles. The summed E-state index contributed by atoms with van der Waals surface area (Å²) >= 11 is 3.42. The van der Waals surface area contributed by atoms with E-state index in [0.29, 0.717) is 11.5 Å². The molecule has 0 aliphatic heterocycles. The highest BCUT2D eigenvalue weighted by molar-refractivity contribution is 9.10. The van der Waals surface area contributed by atoms with Crippen molar-refractivity contribution >= 4 is 27.5 Å². The zero-order valence-electron chi connectivity index (χ0n) is 11.2. The number of benzene rings is 1. The Balaban J connectivity index is 2.25. The van der Waals surface area contributed by atoms with Crippen molar-refractivity contribution in [2.45, 2.75) is 6.92 Å². The number of anilines is 1. The van der Waals surface area contributed by atoms with Gasteiger partial charge < -0.3 is 10.1 Å². The zero-order chi connectivity index (χ0) is 14.5. The van der Waals surface area contributed by atoms with Crippen LogP contribution in [0, 0.1) is 0 Å². The summed E-state index contributed by atoms with van der Waals surface area (Å²) < 4.78 is 6.25. The monoisotopic (exact) mass is 335 g/mol. The Morgan fingerprint density at radius 1 is 1.30 bits per heavy atom. The number of hydrogen-bond donors (Lipinski definition) is 1. The molecule has 0 bridgehead atoms. The number of nitrogens with zero attached hydrogens (tertiary/aromatic N) is 2. The molecule has 0 spiro atoms. The van der Waals surface area contributed by atoms with Crippen LogP contribution < -0.4 is 10.1 Å². The number of Topliss-reactive ketones (excluding diaryl/α,β-unsaturated/α-hetero) is 1. The molecule has 1 N–H and O–H groups in total. The normalized spacial score (nSPS) is 10.2. The maximum atomic E-state index is 10.9. The lowest BCUT2D eigenvalue weighted by molar-refractivity contribution is -0.115. The van der Waals surface area contributed by atoms with Crippen LogP contribution in [0.25, 0.3) is 11.3 Å². The van der Waals surface area contributed by atoms with Crippen LogP contribution in [0.2, 0.25) is 0 Å². The second kappa shape index (κ2) is 6.47. The third-order valence-corrected chi connectivity index (χ3v) is 3.11. The first-order chi connectivity index (χ1) is 9.60. The average Bonchev–Trinajstić information content (AvgIpc) is 2.45. The number of rotatable bonds is 5. The lowest BCUT2D eigenvalue weighted by Gasteiger charge is -2.08. The highest BCUT2D eigenvalue weighted by Gasteiger charge is 2.08. The van der Waals surface area contributed by atoms with Crippen LogP contribution in [0.5, 0.6) is 5.75 Å². The van der Waals surface area contributed by atoms with E-state index in [2.05, 4.69) is 31.4 Å². The first kappa shape index (κ1) is 14.5. The highest BCUT2D eigenvalue weighted by atomic mass is 79.9. The molecule has 1 aromatic carbocycles. The number of ether oxygens (including phenoxy) is 1. The Bertz CT molecular complexity index is 614. The molecule has 0 amide bonds. The number of nitrogens with one attached hydrogen (secondary N) is 1. The minimum atomic E-state index is 0.0459. The number of carbonyl (C=O) groups is 1. The van der Waals surface area contributed by atoms with E-state index in [4.69, 9.17) is 4.74 Å². The number of aromatic nitrogens is 2. The molecule has 2 rings (SSSR count). The summed E-state index contributed by atoms with van der Waals surface area (Å²) in [5.41, 5.74) is 1.56. The van der Waals surface area contributed by atoms with Crippen molar-refractivity contribution in [2.24, 2.45) is 0 Å². The van der Waals surface area contributed by atoms with Gasteiger partial charge in [0.05, 0.1) is 19.3 Å². The van der Waals surface area contributed by atoms with Crippen molar-refractivity contribution in [3.8, 4) is 17.0 Å². The van der Waals surface area contributed by atoms with Gasteiger partial charge in [0.15, 0.2) is 0 Å². The van der Waals surface area contributed by atoms with Gasteiger partial charge >= 0.3 is 0 Å². The van der Waals surface area contributed by atoms with Crippen molar-refractivity contribution in [1.82, 2.24) is 10.2 Å². The van der Waals surface area contributed by atoms with Crippen LogP contribution >= 0.6 is 15.9 Å². The minimum Gasteiger partial charge on any atom is -0.496 e. The van der Waals surface area contributed by atoms with Crippen LogP contribution in [0.15, 0.2) is 34.8 Å². The third-order valence-electron chi connectivity index (χ3n) is 2.62. The van der Waals surface area contributed by atoms with Gasteiger partial charge in [0.1, 0.15) is 17.4 Å². The van der Waals surface area contributed by atoms with E-state index in [1.807, 2.05) is 24.3 Å². The number of carbonyl (C=O) groups excluding carboxylic acids is 1. The standard InChI is InChI=1S/C14H14BrN3O2/c1-9(19)8-16-14-6-4-12(17-18-14)11-7-10(15)3-5-13(11)20-2/h3-7H,8H2,1-2H3,(H,16,18). The molecule has 1 heterocycles. The van der Waals surface area contributed by atoms with Crippen molar-refractivity contribution in [2.75, 3.05) is 19.0 Å². The first-order valence-corrected chi connectivity index (χ1v) is 6.80. The first-order valence-electron chi connectivity index (χ1n) is 6.01. The van der Waals surface area contributed by atoms with Gasteiger partial charge in [-0.3, -0.25) is 4.79 Å². The number of methoxy groups -OCH3 is 1. The Kier molecular flexibility index (Phi) is 4.68. The second-order valence-electron chi connectivity index (χ2n) is 4.20. The smallest absolute Gasteiger partial charge is 0.149 e. The summed E-state index contributed by atoms with van der Waals surface area (Å²) in [5.74, 6) is 1.34. The second-order valence-corrected chi connectivity index (χ2v) is 5.12. The van der Waals surface area contributed by atoms with E-state index >= 15 is 0 Å². The van der Waals surface area contributed by atoms with Gasteiger partial charge in [0, 0.05) is 10.0 Å². The molecular formula is C14H14BrN3O2. The van der Waals surface area contributed by atoms with Crippen molar-refractivity contribution in [3.63, 3.8) is 0 Å². The summed E-state index contributed by atoms with van der Waals surface area (Å²) in [6.45, 7) is 1.76. The predicted molar refractivity (Wildman–Crippen MR) is 80.9 cm³/mol. The van der Waals surface area contributed by atoms with Crippen molar-refractivity contribution in [1.29, 1.82) is 0 Å². The van der Waals surface area contributed by atoms with Gasteiger partial charge in [-0.2, -0.15) is 0 Å². The molecule has 0 atom stereocenters. The van der Waals surface area contributed by atoms with Crippen molar-refractivity contribution < 1.29 is 9.53 Å². The summed E-state index contributed by atoms with van der Waals surface area (Å²) in [5, 5.41) is 11.1. The van der Waals surface area contributed by atoms with Gasteiger partial charge in [-0.15, -0.1) is 10.2 Å². The Hall–Kier alpha value is -1.95. The van der Waals surface area contributed by atoms with Gasteiger partial charge in [-0.05, 0) is 37.3 Å². The largest absolute Gasteiger partial charge is 0.496 e. The third kappa shape index (κ3) is 3.54. The van der Waals surface area contributed by atoms with Gasteiger partial charge in [0.25, 0.3) is 0 Å². The average molecular weight is 336 g/mol. The maximum Gasteiger partial charge on any atom is 0.149 e. The minimum absolute atomic E-state index is 0.0459. The molecule has 1 aromatic heterocycles. The predicted octanol–water partition coefficient (Wildman–Crippen LogP) is 2.92. The number of hydrogen-bond acceptors (Lipinski definition) is 5. The molecule has 2 aromatic rings. The van der Waals surface area contributed by atoms with E-state index in [1.165, 1.54) is 6.92 Å². The lowest BCUT2D eigenvalue weighted by atomic mass is 10.1. The maximum absolute atomic E-state index is 10.9. The SMILES string of the molecule is COc1ccc(Br)cc1-c1ccc(NCC(C)=O)nn1. The van der Waals surface area contributed by atoms with E-state index in [1.54, 1.807) is 13.2 Å². The molecule has 0 unspecified atom stereocenters. The quantitative estimate of drug-likeness (QED) is 0.910. The fraction of sp³-hybridized carbons (Fsp3) is 0.214. The van der Waals surface area contributed by atoms with Crippen LogP contribution in [0.1, 0.15) is 6.92 Å². The molecule has 6 heteroatoms. The van der Waals surface area contributed by atoms with Crippen LogP contribution in [0.3, 0.4) is 0 Å². The van der Waals surface area contributed by atoms with Crippen LogP contribution in [0.4, 0.5) is 5.82 Å². The molecule has 0 aliphatic rings. The highest BCUT2D eigenvalue weighted by Crippen LogP contribution is 2.31. The molecule has 0 saturated carbocycles. The van der Waals surface area contributed by atoms with E-state index < -0.39 is 0 Å². The number of ketones is 1. The Labute approximate surface area is 125 Å². The molecule has 0 fully saturated rings. The zero-order valence-corrected chi connectivity index (χ0v) is 12.8. The van der Waals surface area contributed by atoms with Gasteiger partial charge in [-0.1, -0.05) is 15.9 Å². The van der Waals surface area contributed by atoms with Gasteiger partial charge in [-0.25, -0.2) is 0 Å². The fourth-order valence-electron chi connectivity index (χ4n) is 1.67. The number of halogens is 1. The molecule has 0 aliphatic carbocycles. The van der Waals surface area contributed by atoms with E-state index in [-0.39, 0.29) is 12.3 Å². The van der Waals surface area contributed by atoms with E-state index in [0.717, 1.165) is 15.8 Å². The Morgan fingerprint density at radius 2 is 2.10 bits per heavy atom. The van der Waals surface area contributed by atoms with Gasteiger partial charge in [0.2, 0.25) is 0 Å². The molecule has 5 nitrogen and oxygen atoms in total. The summed E-state index contributed by atoms with van der Waals surface area (Å²) in [7, 11) is 1.61. The lowest BCUT2D eigenvalue weighted by Crippen LogP contribution is -2.11. The van der Waals surface area contributed by atoms with Crippen LogP contribution in [-0.4, -0.2) is 29.6 Å². The topological polar surface area (TPSA) is 64.1 Å². The molecular weight excluding hydrogens is 322 g/mol. The van der Waals surface area contributed by atoms with E-state index in [9.17, 15) is 4.79 Å².